The van der Waals surface area contributed by atoms with E-state index in [4.69, 9.17) is 16.7 Å². The van der Waals surface area contributed by atoms with Gasteiger partial charge in [0, 0.05) is 12.4 Å². The van der Waals surface area contributed by atoms with Crippen molar-refractivity contribution in [1.82, 2.24) is 5.32 Å². The predicted octanol–water partition coefficient (Wildman–Crippen LogP) is 2.56. The molecular formula is C11H11ClF3NO2. The van der Waals surface area contributed by atoms with Gasteiger partial charge in [-0.05, 0) is 18.9 Å². The van der Waals surface area contributed by atoms with Crippen LogP contribution in [0.2, 0.25) is 0 Å². The smallest absolute Gasteiger partial charge is 0.254 e. The zero-order valence-corrected chi connectivity index (χ0v) is 10.0. The summed E-state index contributed by atoms with van der Waals surface area (Å²) in [6, 6.07) is 0.404. The second kappa shape index (κ2) is 6.49. The van der Waals surface area contributed by atoms with Gasteiger partial charge in [0.15, 0.2) is 17.4 Å². The van der Waals surface area contributed by atoms with E-state index in [1.165, 1.54) is 0 Å². The first-order chi connectivity index (χ1) is 8.49. The third kappa shape index (κ3) is 3.29. The van der Waals surface area contributed by atoms with Crippen LogP contribution < -0.4 is 5.32 Å². The fourth-order valence-electron chi connectivity index (χ4n) is 1.27. The predicted molar refractivity (Wildman–Crippen MR) is 60.3 cm³/mol. The van der Waals surface area contributed by atoms with Gasteiger partial charge in [0.25, 0.3) is 5.91 Å². The Morgan fingerprint density at radius 1 is 1.28 bits per heavy atom. The van der Waals surface area contributed by atoms with Crippen LogP contribution in [0.4, 0.5) is 13.2 Å². The Morgan fingerprint density at radius 3 is 2.56 bits per heavy atom. The molecule has 0 fully saturated rings. The van der Waals surface area contributed by atoms with Gasteiger partial charge in [0.05, 0.1) is 5.56 Å². The summed E-state index contributed by atoms with van der Waals surface area (Å²) in [5, 5.41) is 11.2. The third-order valence-corrected chi connectivity index (χ3v) is 2.49. The summed E-state index contributed by atoms with van der Waals surface area (Å²) in [5.74, 6) is -6.68. The molecule has 0 bridgehead atoms. The van der Waals surface area contributed by atoms with Gasteiger partial charge >= 0.3 is 0 Å². The van der Waals surface area contributed by atoms with Crippen LogP contribution >= 0.6 is 11.6 Å². The molecule has 1 aromatic carbocycles. The molecule has 3 nitrogen and oxygen atoms in total. The van der Waals surface area contributed by atoms with E-state index in [2.05, 4.69) is 5.32 Å². The van der Waals surface area contributed by atoms with E-state index in [1.54, 1.807) is 0 Å². The molecule has 7 heteroatoms. The number of benzene rings is 1. The standard InChI is InChI=1S/C11H11ClF3NO2/c12-3-1-2-4-16-11(18)6-5-7(13)9(15)10(17)8(6)14/h5,17H,1-4H2,(H,16,18). The Kier molecular flexibility index (Phi) is 5.27. The normalized spacial score (nSPS) is 10.4. The number of hydrogen-bond acceptors (Lipinski definition) is 2. The maximum atomic E-state index is 13.3. The lowest BCUT2D eigenvalue weighted by Gasteiger charge is -2.07. The molecular weight excluding hydrogens is 271 g/mol. The number of carbonyl (C=O) groups excluding carboxylic acids is 1. The molecule has 100 valence electrons. The van der Waals surface area contributed by atoms with Crippen LogP contribution in [-0.4, -0.2) is 23.4 Å². The summed E-state index contributed by atoms with van der Waals surface area (Å²) in [4.78, 5) is 11.5. The van der Waals surface area contributed by atoms with Gasteiger partial charge in [-0.1, -0.05) is 0 Å². The minimum absolute atomic E-state index is 0.227. The van der Waals surface area contributed by atoms with Crippen LogP contribution in [0, 0.1) is 17.5 Å². The first-order valence-electron chi connectivity index (χ1n) is 5.19. The van der Waals surface area contributed by atoms with Crippen LogP contribution in [0.25, 0.3) is 0 Å². The molecule has 0 heterocycles. The van der Waals surface area contributed by atoms with Crippen LogP contribution in [0.15, 0.2) is 6.07 Å². The highest BCUT2D eigenvalue weighted by molar-refractivity contribution is 6.17. The molecule has 0 aliphatic rings. The van der Waals surface area contributed by atoms with Gasteiger partial charge in [-0.3, -0.25) is 4.79 Å². The zero-order valence-electron chi connectivity index (χ0n) is 9.27. The molecule has 1 aromatic rings. The van der Waals surface area contributed by atoms with E-state index in [1.807, 2.05) is 0 Å². The lowest BCUT2D eigenvalue weighted by atomic mass is 10.1. The van der Waals surface area contributed by atoms with Crippen molar-refractivity contribution < 1.29 is 23.1 Å². The number of amides is 1. The molecule has 0 aliphatic carbocycles. The Balaban J connectivity index is 2.80. The lowest BCUT2D eigenvalue weighted by molar-refractivity contribution is 0.0947. The second-order valence-electron chi connectivity index (χ2n) is 3.53. The third-order valence-electron chi connectivity index (χ3n) is 2.22. The summed E-state index contributed by atoms with van der Waals surface area (Å²) in [6.45, 7) is 0.227. The number of rotatable bonds is 5. The highest BCUT2D eigenvalue weighted by Gasteiger charge is 2.22. The first-order valence-corrected chi connectivity index (χ1v) is 5.73. The van der Waals surface area contributed by atoms with Crippen molar-refractivity contribution in [3.8, 4) is 5.75 Å². The highest BCUT2D eigenvalue weighted by Crippen LogP contribution is 2.25. The van der Waals surface area contributed by atoms with E-state index in [9.17, 15) is 18.0 Å². The molecule has 18 heavy (non-hydrogen) atoms. The second-order valence-corrected chi connectivity index (χ2v) is 3.91. The Hall–Kier alpha value is -1.43. The SMILES string of the molecule is O=C(NCCCCCl)c1cc(F)c(F)c(O)c1F. The minimum atomic E-state index is -1.72. The summed E-state index contributed by atoms with van der Waals surface area (Å²) in [6.07, 6.45) is 1.24. The summed E-state index contributed by atoms with van der Waals surface area (Å²) >= 11 is 5.42. The molecule has 0 saturated carbocycles. The van der Waals surface area contributed by atoms with Gasteiger partial charge in [-0.25, -0.2) is 8.78 Å². The average Bonchev–Trinajstić information content (AvgIpc) is 2.36. The quantitative estimate of drug-likeness (QED) is 0.495. The van der Waals surface area contributed by atoms with E-state index < -0.39 is 34.7 Å². The summed E-state index contributed by atoms with van der Waals surface area (Å²) in [7, 11) is 0. The molecule has 2 N–H and O–H groups in total. The fourth-order valence-corrected chi connectivity index (χ4v) is 1.46. The van der Waals surface area contributed by atoms with Gasteiger partial charge in [-0.15, -0.1) is 11.6 Å². The van der Waals surface area contributed by atoms with E-state index in [0.717, 1.165) is 0 Å². The molecule has 0 radical (unpaired) electrons. The maximum absolute atomic E-state index is 13.3. The molecule has 0 saturated heterocycles. The van der Waals surface area contributed by atoms with Crippen molar-refractivity contribution >= 4 is 17.5 Å². The van der Waals surface area contributed by atoms with Gasteiger partial charge in [0.2, 0.25) is 5.82 Å². The number of halogens is 4. The monoisotopic (exact) mass is 281 g/mol. The van der Waals surface area contributed by atoms with Gasteiger partial charge in [-0.2, -0.15) is 4.39 Å². The van der Waals surface area contributed by atoms with Crippen LogP contribution in [0.3, 0.4) is 0 Å². The Labute approximate surface area is 107 Å². The number of alkyl halides is 1. The lowest BCUT2D eigenvalue weighted by Crippen LogP contribution is -2.25. The number of aromatic hydroxyl groups is 1. The summed E-state index contributed by atoms with van der Waals surface area (Å²) in [5.41, 5.74) is -0.739. The van der Waals surface area contributed by atoms with Crippen LogP contribution in [0.5, 0.6) is 5.75 Å². The molecule has 0 aliphatic heterocycles. The van der Waals surface area contributed by atoms with Crippen molar-refractivity contribution in [2.24, 2.45) is 0 Å². The van der Waals surface area contributed by atoms with Crippen molar-refractivity contribution in [1.29, 1.82) is 0 Å². The van der Waals surface area contributed by atoms with Gasteiger partial charge < -0.3 is 10.4 Å². The largest absolute Gasteiger partial charge is 0.503 e. The molecule has 0 spiro atoms. The van der Waals surface area contributed by atoms with Crippen molar-refractivity contribution in [3.63, 3.8) is 0 Å². The number of unbranched alkanes of at least 4 members (excludes halogenated alkanes) is 1. The topological polar surface area (TPSA) is 49.3 Å². The number of hydrogen-bond donors (Lipinski definition) is 2. The Morgan fingerprint density at radius 2 is 1.94 bits per heavy atom. The molecule has 1 rings (SSSR count). The minimum Gasteiger partial charge on any atom is -0.503 e. The van der Waals surface area contributed by atoms with Crippen molar-refractivity contribution in [2.45, 2.75) is 12.8 Å². The molecule has 1 amide bonds. The Bertz CT molecular complexity index is 454. The highest BCUT2D eigenvalue weighted by atomic mass is 35.5. The molecule has 0 aromatic heterocycles. The van der Waals surface area contributed by atoms with Crippen LogP contribution in [0.1, 0.15) is 23.2 Å². The maximum Gasteiger partial charge on any atom is 0.254 e. The summed E-state index contributed by atoms with van der Waals surface area (Å²) < 4.78 is 39.0. The van der Waals surface area contributed by atoms with E-state index in [-0.39, 0.29) is 6.54 Å². The first kappa shape index (κ1) is 14.6. The zero-order chi connectivity index (χ0) is 13.7. The van der Waals surface area contributed by atoms with E-state index in [0.29, 0.717) is 24.8 Å². The van der Waals surface area contributed by atoms with Gasteiger partial charge in [0.1, 0.15) is 0 Å². The molecule has 0 atom stereocenters. The van der Waals surface area contributed by atoms with Crippen molar-refractivity contribution in [3.05, 3.63) is 29.1 Å². The fraction of sp³-hybridized carbons (Fsp3) is 0.364. The van der Waals surface area contributed by atoms with Crippen LogP contribution in [-0.2, 0) is 0 Å². The van der Waals surface area contributed by atoms with E-state index >= 15 is 0 Å². The number of phenols is 1. The number of carbonyl (C=O) groups is 1. The number of nitrogens with one attached hydrogen (secondary N) is 1. The average molecular weight is 282 g/mol. The van der Waals surface area contributed by atoms with Crippen molar-refractivity contribution in [2.75, 3.05) is 12.4 Å². The number of phenolic OH excluding ortho intramolecular Hbond substituents is 1. The molecule has 0 unspecified atom stereocenters.